The first-order valence-electron chi connectivity index (χ1n) is 13.1. The number of methoxy groups -OCH3 is 1. The van der Waals surface area contributed by atoms with Gasteiger partial charge in [-0.1, -0.05) is 66.9 Å². The smallest absolute Gasteiger partial charge is 0.230 e. The van der Waals surface area contributed by atoms with Crippen molar-refractivity contribution in [2.45, 2.75) is 57.0 Å². The minimum absolute atomic E-state index is 0.188. The zero-order valence-corrected chi connectivity index (χ0v) is 21.3. The number of likely N-dealkylation sites (tertiary alicyclic amines) is 1. The number of carbonyl (C=O) groups excluding carboxylic acids is 1. The monoisotopic (exact) mass is 484 g/mol. The van der Waals surface area contributed by atoms with E-state index in [9.17, 15) is 4.79 Å². The van der Waals surface area contributed by atoms with Crippen LogP contribution in [0.2, 0.25) is 0 Å². The molecule has 5 heteroatoms. The summed E-state index contributed by atoms with van der Waals surface area (Å²) in [7, 11) is 1.65. The Morgan fingerprint density at radius 2 is 1.75 bits per heavy atom. The molecule has 1 aliphatic carbocycles. The summed E-state index contributed by atoms with van der Waals surface area (Å²) in [6.07, 6.45) is 5.10. The predicted molar refractivity (Wildman–Crippen MR) is 143 cm³/mol. The average Bonchev–Trinajstić information content (AvgIpc) is 3.56. The SMILES string of the molecule is COc1ccccc1Oc1cccc(CN2CC[C@H](NC(=O)C3(c4ccc(C)cc4)CCCC3)C2)c1. The van der Waals surface area contributed by atoms with Crippen LogP contribution in [-0.4, -0.2) is 37.0 Å². The van der Waals surface area contributed by atoms with Crippen molar-refractivity contribution in [1.82, 2.24) is 10.2 Å². The Morgan fingerprint density at radius 1 is 1.00 bits per heavy atom. The maximum absolute atomic E-state index is 13.6. The molecule has 1 atom stereocenters. The van der Waals surface area contributed by atoms with Gasteiger partial charge in [0.1, 0.15) is 5.75 Å². The van der Waals surface area contributed by atoms with E-state index in [0.29, 0.717) is 11.5 Å². The zero-order chi connectivity index (χ0) is 25.0. The van der Waals surface area contributed by atoms with Gasteiger partial charge in [-0.2, -0.15) is 0 Å². The van der Waals surface area contributed by atoms with Gasteiger partial charge in [0.2, 0.25) is 5.91 Å². The first kappa shape index (κ1) is 24.4. The van der Waals surface area contributed by atoms with Gasteiger partial charge in [-0.3, -0.25) is 9.69 Å². The number of ether oxygens (including phenoxy) is 2. The van der Waals surface area contributed by atoms with Crippen molar-refractivity contribution >= 4 is 5.91 Å². The van der Waals surface area contributed by atoms with Crippen molar-refractivity contribution < 1.29 is 14.3 Å². The van der Waals surface area contributed by atoms with Gasteiger partial charge in [0.05, 0.1) is 12.5 Å². The molecule has 1 amide bonds. The molecule has 1 saturated heterocycles. The fraction of sp³-hybridized carbons (Fsp3) is 0.387. The Balaban J connectivity index is 1.20. The van der Waals surface area contributed by atoms with Gasteiger partial charge < -0.3 is 14.8 Å². The number of aryl methyl sites for hydroxylation is 1. The Labute approximate surface area is 214 Å². The first-order valence-corrected chi connectivity index (χ1v) is 13.1. The van der Waals surface area contributed by atoms with E-state index in [1.807, 2.05) is 36.4 Å². The van der Waals surface area contributed by atoms with Crippen molar-refractivity contribution in [3.8, 4) is 17.2 Å². The highest BCUT2D eigenvalue weighted by Gasteiger charge is 2.43. The van der Waals surface area contributed by atoms with Crippen molar-refractivity contribution in [3.05, 3.63) is 89.5 Å². The number of nitrogens with one attached hydrogen (secondary N) is 1. The fourth-order valence-electron chi connectivity index (χ4n) is 5.71. The molecule has 1 heterocycles. The van der Waals surface area contributed by atoms with Crippen LogP contribution in [0.4, 0.5) is 0 Å². The molecule has 1 aliphatic heterocycles. The topological polar surface area (TPSA) is 50.8 Å². The molecule has 1 saturated carbocycles. The fourth-order valence-corrected chi connectivity index (χ4v) is 5.71. The van der Waals surface area contributed by atoms with Crippen LogP contribution in [-0.2, 0) is 16.8 Å². The van der Waals surface area contributed by atoms with Crippen molar-refractivity contribution in [2.24, 2.45) is 0 Å². The van der Waals surface area contributed by atoms with Crippen molar-refractivity contribution in [1.29, 1.82) is 0 Å². The number of rotatable bonds is 8. The summed E-state index contributed by atoms with van der Waals surface area (Å²) in [4.78, 5) is 16.0. The van der Waals surface area contributed by atoms with Crippen LogP contribution in [0.1, 0.15) is 48.8 Å². The third-order valence-electron chi connectivity index (χ3n) is 7.71. The minimum Gasteiger partial charge on any atom is -0.493 e. The maximum atomic E-state index is 13.6. The molecule has 0 radical (unpaired) electrons. The minimum atomic E-state index is -0.370. The first-order chi connectivity index (χ1) is 17.6. The number of carbonyl (C=O) groups is 1. The summed E-state index contributed by atoms with van der Waals surface area (Å²) in [5.74, 6) is 2.42. The molecule has 3 aromatic rings. The van der Waals surface area contributed by atoms with Crippen LogP contribution in [0.3, 0.4) is 0 Å². The highest BCUT2D eigenvalue weighted by atomic mass is 16.5. The number of benzene rings is 3. The van der Waals surface area contributed by atoms with Gasteiger partial charge in [-0.25, -0.2) is 0 Å². The second-order valence-electron chi connectivity index (χ2n) is 10.2. The van der Waals surface area contributed by atoms with E-state index in [1.54, 1.807) is 7.11 Å². The van der Waals surface area contributed by atoms with Gasteiger partial charge in [0, 0.05) is 25.7 Å². The molecule has 1 N–H and O–H groups in total. The molecular weight excluding hydrogens is 448 g/mol. The van der Waals surface area contributed by atoms with Crippen molar-refractivity contribution in [2.75, 3.05) is 20.2 Å². The lowest BCUT2D eigenvalue weighted by atomic mass is 9.77. The third kappa shape index (κ3) is 5.26. The van der Waals surface area contributed by atoms with Gasteiger partial charge in [0.15, 0.2) is 11.5 Å². The highest BCUT2D eigenvalue weighted by Crippen LogP contribution is 2.41. The standard InChI is InChI=1S/C31H36N2O3/c1-23-12-14-25(15-13-23)31(17-5-6-18-31)30(34)32-26-16-19-33(22-26)21-24-8-7-9-27(20-24)36-29-11-4-3-10-28(29)35-2/h3-4,7-15,20,26H,5-6,16-19,21-22H2,1-2H3,(H,32,34)/t26-/m0/s1. The Kier molecular flexibility index (Phi) is 7.28. The third-order valence-corrected chi connectivity index (χ3v) is 7.71. The Bertz CT molecular complexity index is 1180. The van der Waals surface area contributed by atoms with Crippen LogP contribution in [0.5, 0.6) is 17.2 Å². The number of hydrogen-bond donors (Lipinski definition) is 1. The van der Waals surface area contributed by atoms with Crippen molar-refractivity contribution in [3.63, 3.8) is 0 Å². The molecular formula is C31H36N2O3. The van der Waals surface area contributed by atoms with E-state index in [4.69, 9.17) is 9.47 Å². The quantitative estimate of drug-likeness (QED) is 0.426. The van der Waals surface area contributed by atoms with E-state index >= 15 is 0 Å². The van der Waals surface area contributed by atoms with E-state index in [0.717, 1.165) is 57.5 Å². The zero-order valence-electron chi connectivity index (χ0n) is 21.3. The number of nitrogens with zero attached hydrogens (tertiary/aromatic N) is 1. The molecule has 5 nitrogen and oxygen atoms in total. The summed E-state index contributed by atoms with van der Waals surface area (Å²) in [5.41, 5.74) is 3.23. The average molecular weight is 485 g/mol. The lowest BCUT2D eigenvalue weighted by Crippen LogP contribution is -2.47. The van der Waals surface area contributed by atoms with E-state index in [1.165, 1.54) is 16.7 Å². The van der Waals surface area contributed by atoms with Gasteiger partial charge in [0.25, 0.3) is 0 Å². The van der Waals surface area contributed by atoms with E-state index < -0.39 is 0 Å². The van der Waals surface area contributed by atoms with Crippen LogP contribution in [0.25, 0.3) is 0 Å². The molecule has 3 aromatic carbocycles. The van der Waals surface area contributed by atoms with Gasteiger partial charge >= 0.3 is 0 Å². The lowest BCUT2D eigenvalue weighted by Gasteiger charge is -2.30. The Hall–Kier alpha value is -3.31. The molecule has 0 bridgehead atoms. The predicted octanol–water partition coefficient (Wildman–Crippen LogP) is 6.00. The van der Waals surface area contributed by atoms with E-state index in [2.05, 4.69) is 53.5 Å². The summed E-state index contributed by atoms with van der Waals surface area (Å²) in [5, 5.41) is 3.43. The van der Waals surface area contributed by atoms with E-state index in [-0.39, 0.29) is 17.4 Å². The normalized spacial score (nSPS) is 19.2. The summed E-state index contributed by atoms with van der Waals surface area (Å²) in [6.45, 7) is 4.77. The molecule has 0 spiro atoms. The van der Waals surface area contributed by atoms with Gasteiger partial charge in [-0.05, 0) is 61.6 Å². The molecule has 2 fully saturated rings. The highest BCUT2D eigenvalue weighted by molar-refractivity contribution is 5.89. The maximum Gasteiger partial charge on any atom is 0.230 e. The summed E-state index contributed by atoms with van der Waals surface area (Å²) in [6, 6.07) is 24.6. The Morgan fingerprint density at radius 3 is 2.50 bits per heavy atom. The van der Waals surface area contributed by atoms with Crippen LogP contribution >= 0.6 is 0 Å². The second kappa shape index (κ2) is 10.8. The molecule has 0 aromatic heterocycles. The lowest BCUT2D eigenvalue weighted by molar-refractivity contribution is -0.127. The number of amides is 1. The molecule has 5 rings (SSSR count). The molecule has 188 valence electrons. The van der Waals surface area contributed by atoms with Gasteiger partial charge in [-0.15, -0.1) is 0 Å². The number of hydrogen-bond acceptors (Lipinski definition) is 4. The molecule has 36 heavy (non-hydrogen) atoms. The number of para-hydroxylation sites is 2. The summed E-state index contributed by atoms with van der Waals surface area (Å²) < 4.78 is 11.5. The van der Waals surface area contributed by atoms with Crippen LogP contribution < -0.4 is 14.8 Å². The largest absolute Gasteiger partial charge is 0.493 e. The molecule has 0 unspecified atom stereocenters. The second-order valence-corrected chi connectivity index (χ2v) is 10.2. The molecule has 2 aliphatic rings. The van der Waals surface area contributed by atoms with Crippen LogP contribution in [0.15, 0.2) is 72.8 Å². The summed E-state index contributed by atoms with van der Waals surface area (Å²) >= 11 is 0. The van der Waals surface area contributed by atoms with Crippen LogP contribution in [0, 0.1) is 6.92 Å².